The molecule has 7 aromatic carbocycles. The number of hydrogen-bond acceptors (Lipinski definition) is 5. The van der Waals surface area contributed by atoms with Gasteiger partial charge in [0.2, 0.25) is 0 Å². The fourth-order valence-electron chi connectivity index (χ4n) is 10.9. The molecule has 0 atom stereocenters. The van der Waals surface area contributed by atoms with E-state index in [4.69, 9.17) is 4.42 Å². The molecule has 3 aromatic heterocycles. The van der Waals surface area contributed by atoms with Gasteiger partial charge in [0, 0.05) is 59.4 Å². The highest BCUT2D eigenvalue weighted by Crippen LogP contribution is 2.51. The van der Waals surface area contributed by atoms with Crippen LogP contribution < -0.4 is 26.4 Å². The molecule has 3 nitrogen and oxygen atoms in total. The Labute approximate surface area is 403 Å². The van der Waals surface area contributed by atoms with Crippen LogP contribution >= 0.6 is 22.7 Å². The van der Waals surface area contributed by atoms with Gasteiger partial charge in [0.15, 0.2) is 0 Å². The van der Waals surface area contributed by atoms with Gasteiger partial charge in [0.1, 0.15) is 5.58 Å². The van der Waals surface area contributed by atoms with E-state index in [0.29, 0.717) is 0 Å². The van der Waals surface area contributed by atoms with E-state index in [9.17, 15) is 0 Å². The van der Waals surface area contributed by atoms with Gasteiger partial charge >= 0.3 is 0 Å². The van der Waals surface area contributed by atoms with Crippen molar-refractivity contribution in [1.82, 2.24) is 0 Å². The van der Waals surface area contributed by atoms with Gasteiger partial charge in [0.25, 0.3) is 6.71 Å². The Morgan fingerprint density at radius 3 is 1.78 bits per heavy atom. The van der Waals surface area contributed by atoms with E-state index in [1.54, 1.807) is 0 Å². The SMILES string of the molecule is Cc1cc(C(C)(C)C)cc(C)c1N1c2cc(C(C)C)cc3c2B(c2ccc(-c4csc5ccccc45)cc2N3c2cccc(-c3csc4ccccc34)c2)c2oc3ccc(C(C)(C)C)cc3c21. The van der Waals surface area contributed by atoms with Crippen molar-refractivity contribution in [3.63, 3.8) is 0 Å². The van der Waals surface area contributed by atoms with E-state index < -0.39 is 0 Å². The van der Waals surface area contributed by atoms with E-state index in [1.165, 1.54) is 104 Å². The first-order valence-electron chi connectivity index (χ1n) is 23.8. The highest BCUT2D eigenvalue weighted by Gasteiger charge is 2.48. The second-order valence-corrected chi connectivity index (χ2v) is 23.2. The Morgan fingerprint density at radius 1 is 0.537 bits per heavy atom. The zero-order chi connectivity index (χ0) is 46.3. The van der Waals surface area contributed by atoms with E-state index in [2.05, 4.69) is 223 Å². The van der Waals surface area contributed by atoms with Gasteiger partial charge in [-0.05, 0) is 146 Å². The zero-order valence-corrected chi connectivity index (χ0v) is 41.8. The molecule has 0 fully saturated rings. The van der Waals surface area contributed by atoms with Crippen molar-refractivity contribution in [3.8, 4) is 22.3 Å². The number of furan rings is 1. The number of anilines is 6. The number of hydrogen-bond donors (Lipinski definition) is 0. The van der Waals surface area contributed by atoms with E-state index in [0.717, 1.165) is 28.0 Å². The van der Waals surface area contributed by atoms with E-state index in [1.807, 2.05) is 22.7 Å². The predicted molar refractivity (Wildman–Crippen MR) is 293 cm³/mol. The first-order chi connectivity index (χ1) is 32.1. The maximum Gasteiger partial charge on any atom is 0.297 e. The molecule has 0 bridgehead atoms. The summed E-state index contributed by atoms with van der Waals surface area (Å²) in [7, 11) is 0. The van der Waals surface area contributed by atoms with Crippen molar-refractivity contribution in [2.24, 2.45) is 0 Å². The molecule has 330 valence electrons. The first kappa shape index (κ1) is 42.0. The Morgan fingerprint density at radius 2 is 1.15 bits per heavy atom. The van der Waals surface area contributed by atoms with Crippen molar-refractivity contribution in [2.75, 3.05) is 9.80 Å². The van der Waals surface area contributed by atoms with E-state index in [-0.39, 0.29) is 23.5 Å². The summed E-state index contributed by atoms with van der Waals surface area (Å²) < 4.78 is 10.0. The van der Waals surface area contributed by atoms with E-state index >= 15 is 0 Å². The molecule has 0 saturated carbocycles. The second kappa shape index (κ2) is 15.1. The number of rotatable bonds is 5. The molecule has 12 rings (SSSR count). The van der Waals surface area contributed by atoms with Crippen LogP contribution in [-0.2, 0) is 10.8 Å². The molecular weight excluding hydrogens is 852 g/mol. The largest absolute Gasteiger partial charge is 0.468 e. The lowest BCUT2D eigenvalue weighted by atomic mass is 9.35. The van der Waals surface area contributed by atoms with Gasteiger partial charge in [-0.2, -0.15) is 0 Å². The molecule has 67 heavy (non-hydrogen) atoms. The van der Waals surface area contributed by atoms with Crippen LogP contribution in [0, 0.1) is 13.8 Å². The Hall–Kier alpha value is -6.34. The van der Waals surface area contributed by atoms with Crippen LogP contribution in [0.5, 0.6) is 0 Å². The number of fused-ring (bicyclic) bond motifs is 8. The van der Waals surface area contributed by atoms with Crippen molar-refractivity contribution < 1.29 is 4.42 Å². The predicted octanol–water partition coefficient (Wildman–Crippen LogP) is 16.6. The quantitative estimate of drug-likeness (QED) is 0.160. The lowest BCUT2D eigenvalue weighted by molar-refractivity contribution is 0.589. The van der Waals surface area contributed by atoms with Crippen molar-refractivity contribution in [2.45, 2.75) is 86.0 Å². The van der Waals surface area contributed by atoms with Crippen molar-refractivity contribution in [1.29, 1.82) is 0 Å². The standard InChI is InChI=1S/C61H55BN2OS2/c1-35(2)40-30-51-56-52(31-40)64(57-36(3)26-42(27-37(57)4)61(8,9)10)58-46-32-41(60(5,6)7)23-25-53(46)65-59(58)62(56)49-24-22-39(48-34-67-55-21-14-12-19-45(48)55)29-50(49)63(51)43-17-15-16-38(28-43)47-33-66-54-20-13-11-18-44(47)54/h11-35H,1-10H3. The van der Waals surface area contributed by atoms with Crippen LogP contribution in [0.3, 0.4) is 0 Å². The zero-order valence-electron chi connectivity index (χ0n) is 40.1. The summed E-state index contributed by atoms with van der Waals surface area (Å²) in [5.41, 5.74) is 23.0. The third-order valence-electron chi connectivity index (χ3n) is 14.5. The highest BCUT2D eigenvalue weighted by atomic mass is 32.1. The summed E-state index contributed by atoms with van der Waals surface area (Å²) >= 11 is 3.64. The molecule has 0 amide bonds. The second-order valence-electron chi connectivity index (χ2n) is 21.3. The molecule has 2 aliphatic rings. The topological polar surface area (TPSA) is 19.6 Å². The minimum absolute atomic E-state index is 0.00902. The fourth-order valence-corrected chi connectivity index (χ4v) is 12.9. The Balaban J connectivity index is 1.19. The number of thiophene rings is 2. The van der Waals surface area contributed by atoms with Crippen LogP contribution in [0.2, 0.25) is 0 Å². The lowest BCUT2D eigenvalue weighted by Crippen LogP contribution is -2.61. The minimum Gasteiger partial charge on any atom is -0.468 e. The molecule has 0 spiro atoms. The van der Waals surface area contributed by atoms with Gasteiger partial charge in [0.05, 0.1) is 17.0 Å². The van der Waals surface area contributed by atoms with Gasteiger partial charge < -0.3 is 14.2 Å². The van der Waals surface area contributed by atoms with Crippen LogP contribution in [0.25, 0.3) is 53.4 Å². The monoisotopic (exact) mass is 906 g/mol. The first-order valence-corrected chi connectivity index (χ1v) is 25.5. The molecule has 5 heterocycles. The normalized spacial score (nSPS) is 13.6. The molecule has 0 unspecified atom stereocenters. The maximum atomic E-state index is 7.40. The molecule has 0 radical (unpaired) electrons. The van der Waals surface area contributed by atoms with Gasteiger partial charge in [-0.25, -0.2) is 0 Å². The van der Waals surface area contributed by atoms with Crippen LogP contribution in [0.1, 0.15) is 89.1 Å². The highest BCUT2D eigenvalue weighted by molar-refractivity contribution is 7.18. The summed E-state index contributed by atoms with van der Waals surface area (Å²) in [6.45, 7) is 23.0. The molecule has 0 N–H and O–H groups in total. The van der Waals surface area contributed by atoms with Crippen LogP contribution in [0.4, 0.5) is 34.1 Å². The molecule has 6 heteroatoms. The number of benzene rings is 7. The van der Waals surface area contributed by atoms with Gasteiger partial charge in [-0.15, -0.1) is 22.7 Å². The van der Waals surface area contributed by atoms with Crippen molar-refractivity contribution >= 4 is 111 Å². The molecule has 0 aliphatic carbocycles. The van der Waals surface area contributed by atoms with Crippen LogP contribution in [0.15, 0.2) is 149 Å². The van der Waals surface area contributed by atoms with Crippen LogP contribution in [-0.4, -0.2) is 6.71 Å². The lowest BCUT2D eigenvalue weighted by Gasteiger charge is -2.44. The minimum atomic E-state index is -0.152. The molecule has 2 aliphatic heterocycles. The Kier molecular flexibility index (Phi) is 9.47. The smallest absolute Gasteiger partial charge is 0.297 e. The summed E-state index contributed by atoms with van der Waals surface area (Å²) in [6, 6.07) is 50.8. The van der Waals surface area contributed by atoms with Gasteiger partial charge in [-0.3, -0.25) is 0 Å². The molecular formula is C61H55BN2OS2. The van der Waals surface area contributed by atoms with Gasteiger partial charge in [-0.1, -0.05) is 134 Å². The average molecular weight is 907 g/mol. The Bertz CT molecular complexity index is 3620. The van der Waals surface area contributed by atoms with Crippen molar-refractivity contribution in [3.05, 3.63) is 172 Å². The summed E-state index contributed by atoms with van der Waals surface area (Å²) in [6.07, 6.45) is 0. The molecule has 0 saturated heterocycles. The fraction of sp³-hybridized carbons (Fsp3) is 0.213. The third kappa shape index (κ3) is 6.58. The number of nitrogens with zero attached hydrogens (tertiary/aromatic N) is 2. The summed E-state index contributed by atoms with van der Waals surface area (Å²) in [5.74, 6) is 0.276. The molecule has 10 aromatic rings. The summed E-state index contributed by atoms with van der Waals surface area (Å²) in [4.78, 5) is 5.19. The third-order valence-corrected chi connectivity index (χ3v) is 16.4. The number of aryl methyl sites for hydroxylation is 2. The summed E-state index contributed by atoms with van der Waals surface area (Å²) in [5, 5.41) is 8.40. The average Bonchev–Trinajstić information content (AvgIpc) is 4.04. The maximum absolute atomic E-state index is 7.40.